The molecule has 1 amide bonds. The lowest BCUT2D eigenvalue weighted by atomic mass is 10.1. The third-order valence-corrected chi connectivity index (χ3v) is 4.72. The number of pyridine rings is 1. The molecule has 0 fully saturated rings. The van der Waals surface area contributed by atoms with Crippen molar-refractivity contribution in [1.82, 2.24) is 9.38 Å². The molecule has 2 heterocycles. The first kappa shape index (κ1) is 19.3. The van der Waals surface area contributed by atoms with Crippen LogP contribution in [0.25, 0.3) is 16.9 Å². The number of carbonyl (C=O) groups is 1. The number of ether oxygens (including phenoxy) is 3. The summed E-state index contributed by atoms with van der Waals surface area (Å²) in [7, 11) is 4.64. The number of amides is 1. The lowest BCUT2D eigenvalue weighted by Crippen LogP contribution is -2.13. The molecule has 0 radical (unpaired) electrons. The summed E-state index contributed by atoms with van der Waals surface area (Å²) in [5.74, 6) is 1.30. The Labute approximate surface area is 173 Å². The van der Waals surface area contributed by atoms with Crippen LogP contribution in [0.5, 0.6) is 17.2 Å². The molecule has 0 unspecified atom stereocenters. The van der Waals surface area contributed by atoms with E-state index in [2.05, 4.69) is 10.3 Å². The molecule has 0 atom stereocenters. The first-order chi connectivity index (χ1) is 14.6. The molecular formula is C23H21N3O4. The zero-order valence-electron chi connectivity index (χ0n) is 16.9. The van der Waals surface area contributed by atoms with Crippen LogP contribution in [-0.2, 0) is 0 Å². The molecule has 1 N–H and O–H groups in total. The van der Waals surface area contributed by atoms with Gasteiger partial charge in [0.05, 0.1) is 32.7 Å². The van der Waals surface area contributed by atoms with E-state index in [4.69, 9.17) is 14.2 Å². The number of methoxy groups -OCH3 is 3. The zero-order valence-corrected chi connectivity index (χ0v) is 16.9. The second kappa shape index (κ2) is 8.16. The first-order valence-electron chi connectivity index (χ1n) is 9.28. The highest BCUT2D eigenvalue weighted by Gasteiger charge is 2.14. The van der Waals surface area contributed by atoms with Gasteiger partial charge in [-0.2, -0.15) is 0 Å². The van der Waals surface area contributed by atoms with E-state index < -0.39 is 0 Å². The average Bonchev–Trinajstić information content (AvgIpc) is 3.23. The Morgan fingerprint density at radius 1 is 0.933 bits per heavy atom. The molecule has 152 valence electrons. The smallest absolute Gasteiger partial charge is 0.256 e. The summed E-state index contributed by atoms with van der Waals surface area (Å²) in [6.07, 6.45) is 3.88. The fourth-order valence-electron chi connectivity index (χ4n) is 3.17. The third-order valence-electron chi connectivity index (χ3n) is 4.72. The van der Waals surface area contributed by atoms with Crippen LogP contribution in [0.15, 0.2) is 67.0 Å². The molecular weight excluding hydrogens is 382 g/mol. The van der Waals surface area contributed by atoms with E-state index >= 15 is 0 Å². The summed E-state index contributed by atoms with van der Waals surface area (Å²) < 4.78 is 17.9. The van der Waals surface area contributed by atoms with E-state index in [9.17, 15) is 4.79 Å². The number of rotatable bonds is 6. The molecule has 0 spiro atoms. The maximum absolute atomic E-state index is 12.9. The highest BCUT2D eigenvalue weighted by molar-refractivity contribution is 6.05. The largest absolute Gasteiger partial charge is 0.497 e. The van der Waals surface area contributed by atoms with Crippen LogP contribution in [0.4, 0.5) is 5.69 Å². The summed E-state index contributed by atoms with van der Waals surface area (Å²) in [5, 5.41) is 2.91. The van der Waals surface area contributed by atoms with Gasteiger partial charge in [0.1, 0.15) is 22.9 Å². The Morgan fingerprint density at radius 2 is 1.70 bits per heavy atom. The average molecular weight is 403 g/mol. The van der Waals surface area contributed by atoms with E-state index in [0.29, 0.717) is 28.5 Å². The van der Waals surface area contributed by atoms with Crippen molar-refractivity contribution in [3.63, 3.8) is 0 Å². The predicted molar refractivity (Wildman–Crippen MR) is 115 cm³/mol. The number of carbonyl (C=O) groups excluding carboxylic acids is 1. The summed E-state index contributed by atoms with van der Waals surface area (Å²) in [5.41, 5.74) is 3.45. The molecule has 0 saturated carbocycles. The van der Waals surface area contributed by atoms with Crippen LogP contribution in [-0.4, -0.2) is 36.6 Å². The molecule has 30 heavy (non-hydrogen) atoms. The molecule has 0 aliphatic carbocycles. The number of hydrogen-bond acceptors (Lipinski definition) is 5. The van der Waals surface area contributed by atoms with Crippen LogP contribution in [0.1, 0.15) is 10.4 Å². The summed E-state index contributed by atoms with van der Waals surface area (Å²) in [4.78, 5) is 17.5. The Balaban J connectivity index is 1.68. The van der Waals surface area contributed by atoms with E-state index in [-0.39, 0.29) is 5.91 Å². The van der Waals surface area contributed by atoms with Crippen molar-refractivity contribution in [3.8, 4) is 28.5 Å². The topological polar surface area (TPSA) is 74.1 Å². The van der Waals surface area contributed by atoms with Gasteiger partial charge in [-0.25, -0.2) is 4.98 Å². The van der Waals surface area contributed by atoms with Gasteiger partial charge in [-0.3, -0.25) is 4.79 Å². The molecule has 0 saturated heterocycles. The Hall–Kier alpha value is -4.00. The minimum atomic E-state index is -0.308. The minimum absolute atomic E-state index is 0.308. The van der Waals surface area contributed by atoms with Crippen molar-refractivity contribution in [2.75, 3.05) is 26.6 Å². The third kappa shape index (κ3) is 3.77. The molecule has 2 aromatic heterocycles. The van der Waals surface area contributed by atoms with E-state index in [1.807, 2.05) is 47.1 Å². The van der Waals surface area contributed by atoms with Gasteiger partial charge in [0.15, 0.2) is 0 Å². The van der Waals surface area contributed by atoms with Gasteiger partial charge in [0.2, 0.25) is 0 Å². The van der Waals surface area contributed by atoms with Gasteiger partial charge in [-0.15, -0.1) is 0 Å². The van der Waals surface area contributed by atoms with Crippen LogP contribution in [0.3, 0.4) is 0 Å². The SMILES string of the molecule is COc1cc(OC)cc(C(=O)Nc2cc(-c3cn4ccccc4n3)ccc2OC)c1. The van der Waals surface area contributed by atoms with Crippen molar-refractivity contribution in [2.45, 2.75) is 0 Å². The molecule has 0 aliphatic rings. The Kier molecular flexibility index (Phi) is 5.26. The monoisotopic (exact) mass is 403 g/mol. The molecule has 4 rings (SSSR count). The maximum Gasteiger partial charge on any atom is 0.256 e. The number of hydrogen-bond donors (Lipinski definition) is 1. The van der Waals surface area contributed by atoms with Crippen LogP contribution >= 0.6 is 0 Å². The van der Waals surface area contributed by atoms with Gasteiger partial charge in [-0.05, 0) is 42.5 Å². The van der Waals surface area contributed by atoms with E-state index in [1.165, 1.54) is 14.2 Å². The van der Waals surface area contributed by atoms with Crippen molar-refractivity contribution in [2.24, 2.45) is 0 Å². The van der Waals surface area contributed by atoms with Gasteiger partial charge in [0, 0.05) is 29.6 Å². The highest BCUT2D eigenvalue weighted by atomic mass is 16.5. The summed E-state index contributed by atoms with van der Waals surface area (Å²) in [6, 6.07) is 16.4. The molecule has 0 aliphatic heterocycles. The Morgan fingerprint density at radius 3 is 2.37 bits per heavy atom. The lowest BCUT2D eigenvalue weighted by Gasteiger charge is -2.13. The van der Waals surface area contributed by atoms with Gasteiger partial charge in [0.25, 0.3) is 5.91 Å². The van der Waals surface area contributed by atoms with Gasteiger partial charge < -0.3 is 23.9 Å². The van der Waals surface area contributed by atoms with Crippen LogP contribution in [0.2, 0.25) is 0 Å². The molecule has 4 aromatic rings. The van der Waals surface area contributed by atoms with Crippen molar-refractivity contribution < 1.29 is 19.0 Å². The number of fused-ring (bicyclic) bond motifs is 1. The first-order valence-corrected chi connectivity index (χ1v) is 9.28. The summed E-state index contributed by atoms with van der Waals surface area (Å²) in [6.45, 7) is 0. The maximum atomic E-state index is 12.9. The quantitative estimate of drug-likeness (QED) is 0.520. The standard InChI is InChI=1S/C23H21N3O4/c1-28-17-10-16(11-18(13-17)29-2)23(27)25-19-12-15(7-8-21(19)30-3)20-14-26-9-5-4-6-22(26)24-20/h4-14H,1-3H3,(H,25,27). The summed E-state index contributed by atoms with van der Waals surface area (Å²) >= 11 is 0. The molecule has 7 heteroatoms. The zero-order chi connectivity index (χ0) is 21.1. The fourth-order valence-corrected chi connectivity index (χ4v) is 3.17. The predicted octanol–water partition coefficient (Wildman–Crippen LogP) is 4.28. The fraction of sp³-hybridized carbons (Fsp3) is 0.130. The van der Waals surface area contributed by atoms with Gasteiger partial charge >= 0.3 is 0 Å². The number of nitrogens with one attached hydrogen (secondary N) is 1. The molecule has 7 nitrogen and oxygen atoms in total. The molecule has 2 aromatic carbocycles. The minimum Gasteiger partial charge on any atom is -0.497 e. The van der Waals surface area contributed by atoms with E-state index in [1.54, 1.807) is 31.4 Å². The second-order valence-electron chi connectivity index (χ2n) is 6.56. The number of nitrogens with zero attached hydrogens (tertiary/aromatic N) is 2. The van der Waals surface area contributed by atoms with Crippen molar-refractivity contribution >= 4 is 17.2 Å². The van der Waals surface area contributed by atoms with Crippen LogP contribution in [0, 0.1) is 0 Å². The number of imidazole rings is 1. The van der Waals surface area contributed by atoms with Crippen LogP contribution < -0.4 is 19.5 Å². The number of aromatic nitrogens is 2. The second-order valence-corrected chi connectivity index (χ2v) is 6.56. The molecule has 0 bridgehead atoms. The number of anilines is 1. The highest BCUT2D eigenvalue weighted by Crippen LogP contribution is 2.31. The number of benzene rings is 2. The van der Waals surface area contributed by atoms with Crippen molar-refractivity contribution in [1.29, 1.82) is 0 Å². The normalized spacial score (nSPS) is 10.6. The van der Waals surface area contributed by atoms with Crippen molar-refractivity contribution in [3.05, 3.63) is 72.6 Å². The van der Waals surface area contributed by atoms with Gasteiger partial charge in [-0.1, -0.05) is 6.07 Å². The van der Waals surface area contributed by atoms with E-state index in [0.717, 1.165) is 16.9 Å². The Bertz CT molecular complexity index is 1160. The lowest BCUT2D eigenvalue weighted by molar-refractivity contribution is 0.102.